The summed E-state index contributed by atoms with van der Waals surface area (Å²) >= 11 is 0. The SMILES string of the molecule is CC1CCC(CCC2CCCC2)NC1. The lowest BCUT2D eigenvalue weighted by atomic mass is 9.91. The molecule has 0 radical (unpaired) electrons. The van der Waals surface area contributed by atoms with Gasteiger partial charge in [0.15, 0.2) is 0 Å². The molecule has 2 fully saturated rings. The van der Waals surface area contributed by atoms with Gasteiger partial charge >= 0.3 is 0 Å². The molecular weight excluding hydrogens is 170 g/mol. The van der Waals surface area contributed by atoms with Crippen LogP contribution in [-0.2, 0) is 0 Å². The molecule has 0 amide bonds. The molecule has 1 saturated heterocycles. The number of piperidine rings is 1. The fourth-order valence-electron chi connectivity index (χ4n) is 3.04. The molecule has 0 aromatic rings. The number of rotatable bonds is 3. The first-order valence-electron chi connectivity index (χ1n) is 6.58. The highest BCUT2D eigenvalue weighted by molar-refractivity contribution is 4.77. The van der Waals surface area contributed by atoms with E-state index in [0.717, 1.165) is 17.9 Å². The normalized spacial score (nSPS) is 34.9. The fraction of sp³-hybridized carbons (Fsp3) is 1.00. The third-order valence-corrected chi connectivity index (χ3v) is 4.16. The van der Waals surface area contributed by atoms with E-state index in [0.29, 0.717) is 0 Å². The molecule has 0 bridgehead atoms. The van der Waals surface area contributed by atoms with E-state index in [1.54, 1.807) is 0 Å². The van der Waals surface area contributed by atoms with Crippen LogP contribution < -0.4 is 5.32 Å². The van der Waals surface area contributed by atoms with E-state index in [9.17, 15) is 0 Å². The Labute approximate surface area is 88.7 Å². The Balaban J connectivity index is 1.60. The van der Waals surface area contributed by atoms with Crippen LogP contribution in [0.1, 0.15) is 58.3 Å². The largest absolute Gasteiger partial charge is 0.314 e. The second kappa shape index (κ2) is 5.16. The van der Waals surface area contributed by atoms with E-state index >= 15 is 0 Å². The zero-order valence-corrected chi connectivity index (χ0v) is 9.60. The summed E-state index contributed by atoms with van der Waals surface area (Å²) in [5, 5.41) is 3.69. The zero-order valence-electron chi connectivity index (χ0n) is 9.60. The zero-order chi connectivity index (χ0) is 9.80. The van der Waals surface area contributed by atoms with E-state index in [2.05, 4.69) is 12.2 Å². The molecule has 0 aromatic carbocycles. The first-order valence-corrected chi connectivity index (χ1v) is 6.58. The lowest BCUT2D eigenvalue weighted by molar-refractivity contribution is 0.298. The quantitative estimate of drug-likeness (QED) is 0.728. The molecule has 1 saturated carbocycles. The van der Waals surface area contributed by atoms with Gasteiger partial charge in [0.25, 0.3) is 0 Å². The van der Waals surface area contributed by atoms with Gasteiger partial charge in [0.05, 0.1) is 0 Å². The van der Waals surface area contributed by atoms with Crippen molar-refractivity contribution in [3.8, 4) is 0 Å². The molecule has 1 N–H and O–H groups in total. The molecule has 1 nitrogen and oxygen atoms in total. The Morgan fingerprint density at radius 1 is 1.00 bits per heavy atom. The molecule has 2 rings (SSSR count). The third-order valence-electron chi connectivity index (χ3n) is 4.16. The van der Waals surface area contributed by atoms with Crippen molar-refractivity contribution < 1.29 is 0 Å². The van der Waals surface area contributed by atoms with Gasteiger partial charge in [0, 0.05) is 6.04 Å². The minimum Gasteiger partial charge on any atom is -0.314 e. The Morgan fingerprint density at radius 2 is 1.79 bits per heavy atom. The molecule has 14 heavy (non-hydrogen) atoms. The Hall–Kier alpha value is -0.0400. The summed E-state index contributed by atoms with van der Waals surface area (Å²) in [6, 6.07) is 0.854. The van der Waals surface area contributed by atoms with Crippen molar-refractivity contribution in [2.75, 3.05) is 6.54 Å². The first kappa shape index (κ1) is 10.5. The highest BCUT2D eigenvalue weighted by Gasteiger charge is 2.20. The van der Waals surface area contributed by atoms with Gasteiger partial charge in [0.2, 0.25) is 0 Å². The van der Waals surface area contributed by atoms with Crippen LogP contribution in [0.5, 0.6) is 0 Å². The van der Waals surface area contributed by atoms with Gasteiger partial charge in [-0.2, -0.15) is 0 Å². The molecule has 2 unspecified atom stereocenters. The van der Waals surface area contributed by atoms with Gasteiger partial charge in [-0.1, -0.05) is 32.6 Å². The molecule has 0 spiro atoms. The van der Waals surface area contributed by atoms with Gasteiger partial charge in [-0.25, -0.2) is 0 Å². The van der Waals surface area contributed by atoms with E-state index < -0.39 is 0 Å². The Morgan fingerprint density at radius 3 is 2.43 bits per heavy atom. The van der Waals surface area contributed by atoms with Crippen LogP contribution in [-0.4, -0.2) is 12.6 Å². The molecular formula is C13H25N. The van der Waals surface area contributed by atoms with Crippen molar-refractivity contribution in [1.82, 2.24) is 5.32 Å². The summed E-state index contributed by atoms with van der Waals surface area (Å²) in [6.07, 6.45) is 11.8. The number of nitrogens with one attached hydrogen (secondary N) is 1. The van der Waals surface area contributed by atoms with Crippen molar-refractivity contribution in [3.63, 3.8) is 0 Å². The van der Waals surface area contributed by atoms with Crippen molar-refractivity contribution in [1.29, 1.82) is 0 Å². The summed E-state index contributed by atoms with van der Waals surface area (Å²) in [7, 11) is 0. The molecule has 1 aliphatic heterocycles. The van der Waals surface area contributed by atoms with Crippen LogP contribution in [0.4, 0.5) is 0 Å². The first-order chi connectivity index (χ1) is 6.84. The van der Waals surface area contributed by atoms with E-state index in [1.807, 2.05) is 0 Å². The minimum absolute atomic E-state index is 0.854. The minimum atomic E-state index is 0.854. The summed E-state index contributed by atoms with van der Waals surface area (Å²) in [4.78, 5) is 0. The predicted octanol–water partition coefficient (Wildman–Crippen LogP) is 3.34. The van der Waals surface area contributed by atoms with Gasteiger partial charge in [0.1, 0.15) is 0 Å². The van der Waals surface area contributed by atoms with E-state index in [4.69, 9.17) is 0 Å². The van der Waals surface area contributed by atoms with Crippen LogP contribution in [0.3, 0.4) is 0 Å². The smallest absolute Gasteiger partial charge is 0.00673 e. The topological polar surface area (TPSA) is 12.0 Å². The van der Waals surface area contributed by atoms with Crippen molar-refractivity contribution in [2.24, 2.45) is 11.8 Å². The van der Waals surface area contributed by atoms with Crippen molar-refractivity contribution in [3.05, 3.63) is 0 Å². The predicted molar refractivity (Wildman–Crippen MR) is 61.4 cm³/mol. The summed E-state index contributed by atoms with van der Waals surface area (Å²) in [5.74, 6) is 1.99. The van der Waals surface area contributed by atoms with E-state index in [-0.39, 0.29) is 0 Å². The Kier molecular flexibility index (Phi) is 3.86. The van der Waals surface area contributed by atoms with Crippen LogP contribution in [0.15, 0.2) is 0 Å². The summed E-state index contributed by atoms with van der Waals surface area (Å²) in [6.45, 7) is 3.62. The highest BCUT2D eigenvalue weighted by atomic mass is 14.9. The van der Waals surface area contributed by atoms with Crippen molar-refractivity contribution in [2.45, 2.75) is 64.3 Å². The number of hydrogen-bond acceptors (Lipinski definition) is 1. The van der Waals surface area contributed by atoms with Crippen LogP contribution in [0.2, 0.25) is 0 Å². The molecule has 0 aromatic heterocycles. The fourth-order valence-corrected chi connectivity index (χ4v) is 3.04. The molecule has 2 atom stereocenters. The maximum atomic E-state index is 3.69. The maximum Gasteiger partial charge on any atom is 0.00673 e. The monoisotopic (exact) mass is 195 g/mol. The standard InChI is InChI=1S/C13H25N/c1-11-6-8-13(14-10-11)9-7-12-4-2-3-5-12/h11-14H,2-10H2,1H3. The van der Waals surface area contributed by atoms with Gasteiger partial charge in [-0.3, -0.25) is 0 Å². The molecule has 2 aliphatic rings. The maximum absolute atomic E-state index is 3.69. The second-order valence-electron chi connectivity index (χ2n) is 5.52. The summed E-state index contributed by atoms with van der Waals surface area (Å²) in [5.41, 5.74) is 0. The lowest BCUT2D eigenvalue weighted by Crippen LogP contribution is -2.38. The average molecular weight is 195 g/mol. The van der Waals surface area contributed by atoms with Crippen molar-refractivity contribution >= 4 is 0 Å². The van der Waals surface area contributed by atoms with Gasteiger partial charge in [-0.15, -0.1) is 0 Å². The van der Waals surface area contributed by atoms with Crippen LogP contribution in [0, 0.1) is 11.8 Å². The lowest BCUT2D eigenvalue weighted by Gasteiger charge is -2.28. The molecule has 1 heterocycles. The van der Waals surface area contributed by atoms with Crippen LogP contribution in [0.25, 0.3) is 0 Å². The number of hydrogen-bond donors (Lipinski definition) is 1. The average Bonchev–Trinajstić information content (AvgIpc) is 2.70. The molecule has 82 valence electrons. The highest BCUT2D eigenvalue weighted by Crippen LogP contribution is 2.30. The second-order valence-corrected chi connectivity index (χ2v) is 5.52. The van der Waals surface area contributed by atoms with E-state index in [1.165, 1.54) is 57.9 Å². The van der Waals surface area contributed by atoms with Gasteiger partial charge < -0.3 is 5.32 Å². The molecule has 1 aliphatic carbocycles. The third kappa shape index (κ3) is 2.98. The van der Waals surface area contributed by atoms with Crippen LogP contribution >= 0.6 is 0 Å². The van der Waals surface area contributed by atoms with Gasteiger partial charge in [-0.05, 0) is 44.1 Å². The Bertz CT molecular complexity index is 153. The summed E-state index contributed by atoms with van der Waals surface area (Å²) < 4.78 is 0. The molecule has 1 heteroatoms.